The number of likely N-dealkylation sites (tertiary alicyclic amines) is 1. The molecule has 3 N–H and O–H groups in total. The number of piperidine rings is 1. The van der Waals surface area contributed by atoms with E-state index in [1.54, 1.807) is 11.8 Å². The number of nitrogens with two attached hydrogens (primary N) is 1. The molecule has 0 aliphatic carbocycles. The van der Waals surface area contributed by atoms with Gasteiger partial charge in [-0.25, -0.2) is 4.79 Å². The molecule has 0 aromatic heterocycles. The summed E-state index contributed by atoms with van der Waals surface area (Å²) in [6, 6.07) is -0.573. The van der Waals surface area contributed by atoms with Crippen LogP contribution in [-0.2, 0) is 9.53 Å². The van der Waals surface area contributed by atoms with E-state index in [2.05, 4.69) is 5.32 Å². The van der Waals surface area contributed by atoms with E-state index in [1.165, 1.54) is 0 Å². The van der Waals surface area contributed by atoms with E-state index in [0.29, 0.717) is 13.1 Å². The number of rotatable bonds is 2. The van der Waals surface area contributed by atoms with Gasteiger partial charge in [0.1, 0.15) is 5.60 Å². The standard InChI is InChI=1S/C13H25N3O3/c1-9(14)11(17)15-10-6-5-7-16(8-10)12(18)19-13(2,3)4/h9-10H,5-8,14H2,1-4H3,(H,15,17). The van der Waals surface area contributed by atoms with Gasteiger partial charge in [-0.3, -0.25) is 4.79 Å². The van der Waals surface area contributed by atoms with Crippen molar-refractivity contribution in [1.29, 1.82) is 0 Å². The van der Waals surface area contributed by atoms with Crippen LogP contribution in [0.4, 0.5) is 4.79 Å². The Bertz CT molecular complexity index is 337. The van der Waals surface area contributed by atoms with E-state index in [0.717, 1.165) is 12.8 Å². The molecule has 1 aliphatic rings. The molecule has 2 amide bonds. The molecule has 0 radical (unpaired) electrons. The van der Waals surface area contributed by atoms with E-state index in [4.69, 9.17) is 10.5 Å². The number of hydrogen-bond acceptors (Lipinski definition) is 4. The summed E-state index contributed by atoms with van der Waals surface area (Å²) in [6.45, 7) is 8.30. The number of nitrogens with zero attached hydrogens (tertiary/aromatic N) is 1. The van der Waals surface area contributed by atoms with Gasteiger partial charge in [-0.2, -0.15) is 0 Å². The van der Waals surface area contributed by atoms with Crippen molar-refractivity contribution < 1.29 is 14.3 Å². The second-order valence-electron chi connectivity index (χ2n) is 6.06. The summed E-state index contributed by atoms with van der Waals surface area (Å²) in [5, 5.41) is 2.85. The predicted octanol–water partition coefficient (Wildman–Crippen LogP) is 0.849. The number of ether oxygens (including phenoxy) is 1. The Morgan fingerprint density at radius 3 is 2.58 bits per heavy atom. The smallest absolute Gasteiger partial charge is 0.410 e. The summed E-state index contributed by atoms with van der Waals surface area (Å²) in [5.74, 6) is -0.184. The number of hydrogen-bond donors (Lipinski definition) is 2. The molecule has 1 rings (SSSR count). The predicted molar refractivity (Wildman–Crippen MR) is 72.6 cm³/mol. The van der Waals surface area contributed by atoms with Gasteiger partial charge in [0.25, 0.3) is 0 Å². The number of amides is 2. The van der Waals surface area contributed by atoms with Gasteiger partial charge in [0.2, 0.25) is 5.91 Å². The first-order chi connectivity index (χ1) is 8.69. The molecule has 1 saturated heterocycles. The first-order valence-electron chi connectivity index (χ1n) is 6.73. The van der Waals surface area contributed by atoms with Crippen LogP contribution in [0.2, 0.25) is 0 Å². The Morgan fingerprint density at radius 1 is 1.42 bits per heavy atom. The average Bonchev–Trinajstić information content (AvgIpc) is 2.27. The second kappa shape index (κ2) is 6.23. The Labute approximate surface area is 114 Å². The molecule has 0 bridgehead atoms. The van der Waals surface area contributed by atoms with Crippen LogP contribution < -0.4 is 11.1 Å². The van der Waals surface area contributed by atoms with Gasteiger partial charge in [-0.05, 0) is 40.5 Å². The summed E-state index contributed by atoms with van der Waals surface area (Å²) < 4.78 is 5.33. The fourth-order valence-electron chi connectivity index (χ4n) is 1.92. The number of carbonyl (C=O) groups is 2. The fourth-order valence-corrected chi connectivity index (χ4v) is 1.92. The van der Waals surface area contributed by atoms with Crippen molar-refractivity contribution in [1.82, 2.24) is 10.2 Å². The lowest BCUT2D eigenvalue weighted by atomic mass is 10.1. The second-order valence-corrected chi connectivity index (χ2v) is 6.06. The molecule has 0 aromatic rings. The minimum absolute atomic E-state index is 0.0419. The first-order valence-corrected chi connectivity index (χ1v) is 6.73. The topological polar surface area (TPSA) is 84.7 Å². The minimum atomic E-state index is -0.531. The lowest BCUT2D eigenvalue weighted by Crippen LogP contribution is -2.53. The van der Waals surface area contributed by atoms with Crippen molar-refractivity contribution >= 4 is 12.0 Å². The lowest BCUT2D eigenvalue weighted by Gasteiger charge is -2.34. The molecule has 2 unspecified atom stereocenters. The van der Waals surface area contributed by atoms with Crippen LogP contribution in [0.5, 0.6) is 0 Å². The Hall–Kier alpha value is -1.30. The zero-order valence-electron chi connectivity index (χ0n) is 12.2. The van der Waals surface area contributed by atoms with Gasteiger partial charge in [0, 0.05) is 19.1 Å². The molecule has 1 fully saturated rings. The normalized spacial score (nSPS) is 21.7. The van der Waals surface area contributed by atoms with Crippen LogP contribution in [0.25, 0.3) is 0 Å². The Kier molecular flexibility index (Phi) is 5.17. The number of nitrogens with one attached hydrogen (secondary N) is 1. The van der Waals surface area contributed by atoms with Gasteiger partial charge in [0.05, 0.1) is 6.04 Å². The monoisotopic (exact) mass is 271 g/mol. The minimum Gasteiger partial charge on any atom is -0.444 e. The van der Waals surface area contributed by atoms with E-state index >= 15 is 0 Å². The highest BCUT2D eigenvalue weighted by Gasteiger charge is 2.28. The molecule has 1 heterocycles. The van der Waals surface area contributed by atoms with Crippen LogP contribution in [0, 0.1) is 0 Å². The van der Waals surface area contributed by atoms with E-state index in [1.807, 2.05) is 20.8 Å². The maximum absolute atomic E-state index is 11.9. The van der Waals surface area contributed by atoms with Crippen molar-refractivity contribution in [3.63, 3.8) is 0 Å². The third kappa shape index (κ3) is 5.46. The molecule has 0 aromatic carbocycles. The third-order valence-electron chi connectivity index (χ3n) is 2.83. The molecule has 1 aliphatic heterocycles. The quantitative estimate of drug-likeness (QED) is 0.779. The van der Waals surface area contributed by atoms with E-state index in [9.17, 15) is 9.59 Å². The molecule has 2 atom stereocenters. The largest absolute Gasteiger partial charge is 0.444 e. The van der Waals surface area contributed by atoms with Crippen LogP contribution >= 0.6 is 0 Å². The summed E-state index contributed by atoms with van der Waals surface area (Å²) in [7, 11) is 0. The molecule has 6 nitrogen and oxygen atoms in total. The molecule has 0 saturated carbocycles. The van der Waals surface area contributed by atoms with E-state index in [-0.39, 0.29) is 18.0 Å². The van der Waals surface area contributed by atoms with Crippen molar-refractivity contribution in [3.8, 4) is 0 Å². The summed E-state index contributed by atoms with van der Waals surface area (Å²) in [6.07, 6.45) is 1.38. The zero-order valence-corrected chi connectivity index (χ0v) is 12.2. The Balaban J connectivity index is 2.50. The Morgan fingerprint density at radius 2 is 2.05 bits per heavy atom. The van der Waals surface area contributed by atoms with Gasteiger partial charge >= 0.3 is 6.09 Å². The van der Waals surface area contributed by atoms with Crippen molar-refractivity contribution in [3.05, 3.63) is 0 Å². The van der Waals surface area contributed by atoms with Gasteiger partial charge < -0.3 is 20.7 Å². The van der Waals surface area contributed by atoms with Crippen molar-refractivity contribution in [2.45, 2.75) is 58.2 Å². The summed E-state index contributed by atoms with van der Waals surface area (Å²) >= 11 is 0. The van der Waals surface area contributed by atoms with Crippen LogP contribution in [-0.4, -0.2) is 47.7 Å². The number of carbonyl (C=O) groups excluding carboxylic acids is 2. The highest BCUT2D eigenvalue weighted by Crippen LogP contribution is 2.15. The highest BCUT2D eigenvalue weighted by atomic mass is 16.6. The van der Waals surface area contributed by atoms with E-state index < -0.39 is 11.6 Å². The van der Waals surface area contributed by atoms with Gasteiger partial charge in [0.15, 0.2) is 0 Å². The van der Waals surface area contributed by atoms with Crippen LogP contribution in [0.3, 0.4) is 0 Å². The van der Waals surface area contributed by atoms with Gasteiger partial charge in [-0.15, -0.1) is 0 Å². The molecule has 6 heteroatoms. The molecular formula is C13H25N3O3. The van der Waals surface area contributed by atoms with Crippen LogP contribution in [0.15, 0.2) is 0 Å². The molecule has 19 heavy (non-hydrogen) atoms. The maximum atomic E-state index is 11.9. The third-order valence-corrected chi connectivity index (χ3v) is 2.83. The highest BCUT2D eigenvalue weighted by molar-refractivity contribution is 5.81. The summed E-state index contributed by atoms with van der Waals surface area (Å²) in [4.78, 5) is 25.1. The summed E-state index contributed by atoms with van der Waals surface area (Å²) in [5.41, 5.74) is 5.01. The fraction of sp³-hybridized carbons (Fsp3) is 0.846. The lowest BCUT2D eigenvalue weighted by molar-refractivity contribution is -0.123. The zero-order chi connectivity index (χ0) is 14.6. The van der Waals surface area contributed by atoms with Crippen molar-refractivity contribution in [2.24, 2.45) is 5.73 Å². The van der Waals surface area contributed by atoms with Crippen molar-refractivity contribution in [2.75, 3.05) is 13.1 Å². The molecule has 0 spiro atoms. The van der Waals surface area contributed by atoms with Gasteiger partial charge in [-0.1, -0.05) is 0 Å². The maximum Gasteiger partial charge on any atom is 0.410 e. The molecule has 110 valence electrons. The first kappa shape index (κ1) is 15.8. The average molecular weight is 271 g/mol. The van der Waals surface area contributed by atoms with Crippen LogP contribution in [0.1, 0.15) is 40.5 Å². The molecular weight excluding hydrogens is 246 g/mol. The SMILES string of the molecule is CC(N)C(=O)NC1CCCN(C(=O)OC(C)(C)C)C1.